The molecule has 0 aliphatic rings. The van der Waals surface area contributed by atoms with E-state index in [1.54, 1.807) is 19.1 Å². The molecular weight excluding hydrogens is 265 g/mol. The molecule has 0 spiro atoms. The van der Waals surface area contributed by atoms with Gasteiger partial charge in [0.15, 0.2) is 17.8 Å². The number of ether oxygens (including phenoxy) is 3. The van der Waals surface area contributed by atoms with Gasteiger partial charge in [0.25, 0.3) is 0 Å². The maximum absolute atomic E-state index is 11.8. The van der Waals surface area contributed by atoms with E-state index in [1.807, 2.05) is 0 Å². The topological polar surface area (TPSA) is 44.8 Å². The van der Waals surface area contributed by atoms with Crippen molar-refractivity contribution in [2.45, 2.75) is 13.3 Å². The number of hydrogen-bond acceptors (Lipinski definition) is 4. The molecule has 1 rings (SSSR count). The molecule has 0 aromatic heterocycles. The molecule has 0 aliphatic heterocycles. The molecular formula is C12H13F3O4. The summed E-state index contributed by atoms with van der Waals surface area (Å²) in [6.45, 7) is 1.08. The smallest absolute Gasteiger partial charge is 0.490 e. The second kappa shape index (κ2) is 6.98. The van der Waals surface area contributed by atoms with E-state index in [0.29, 0.717) is 18.6 Å². The zero-order valence-corrected chi connectivity index (χ0v) is 10.2. The molecule has 0 unspecified atom stereocenters. The van der Waals surface area contributed by atoms with Gasteiger partial charge in [0, 0.05) is 0 Å². The van der Waals surface area contributed by atoms with Crippen LogP contribution in [0.3, 0.4) is 0 Å². The van der Waals surface area contributed by atoms with Crippen molar-refractivity contribution in [3.63, 3.8) is 0 Å². The van der Waals surface area contributed by atoms with Gasteiger partial charge in [-0.05, 0) is 19.1 Å². The van der Waals surface area contributed by atoms with Crippen molar-refractivity contribution in [3.05, 3.63) is 23.8 Å². The zero-order chi connectivity index (χ0) is 14.3. The molecule has 0 N–H and O–H groups in total. The van der Waals surface area contributed by atoms with Crippen LogP contribution in [0.4, 0.5) is 13.2 Å². The van der Waals surface area contributed by atoms with E-state index in [2.05, 4.69) is 4.74 Å². The fourth-order valence-electron chi connectivity index (χ4n) is 1.35. The summed E-state index contributed by atoms with van der Waals surface area (Å²) in [5.74, 6) is 0.421. The number of carbonyl (C=O) groups excluding carboxylic acids is 1. The summed E-state index contributed by atoms with van der Waals surface area (Å²) in [4.78, 5) is 10.8. The van der Waals surface area contributed by atoms with Gasteiger partial charge in [-0.2, -0.15) is 0 Å². The number of benzene rings is 1. The Hall–Kier alpha value is -1.76. The molecule has 0 aliphatic carbocycles. The second-order valence-corrected chi connectivity index (χ2v) is 3.37. The number of hydrogen-bond donors (Lipinski definition) is 0. The van der Waals surface area contributed by atoms with Gasteiger partial charge in [0.2, 0.25) is 0 Å². The number of para-hydroxylation sites is 1. The molecule has 0 radical (unpaired) electrons. The van der Waals surface area contributed by atoms with Crippen molar-refractivity contribution >= 4 is 6.29 Å². The molecule has 0 saturated heterocycles. The Bertz CT molecular complexity index is 418. The van der Waals surface area contributed by atoms with Gasteiger partial charge in [0.05, 0.1) is 18.8 Å². The van der Waals surface area contributed by atoms with E-state index in [4.69, 9.17) is 9.47 Å². The predicted molar refractivity (Wildman–Crippen MR) is 60.5 cm³/mol. The Balaban J connectivity index is 2.67. The first-order valence-electron chi connectivity index (χ1n) is 5.52. The predicted octanol–water partition coefficient (Wildman–Crippen LogP) is 2.81. The second-order valence-electron chi connectivity index (χ2n) is 3.37. The van der Waals surface area contributed by atoms with Crippen LogP contribution in [0.5, 0.6) is 11.5 Å². The highest BCUT2D eigenvalue weighted by molar-refractivity contribution is 5.81. The van der Waals surface area contributed by atoms with Crippen molar-refractivity contribution in [1.29, 1.82) is 0 Å². The fraction of sp³-hybridized carbons (Fsp3) is 0.417. The van der Waals surface area contributed by atoms with Crippen molar-refractivity contribution in [1.82, 2.24) is 0 Å². The maximum atomic E-state index is 11.8. The Morgan fingerprint density at radius 3 is 2.53 bits per heavy atom. The van der Waals surface area contributed by atoms with Crippen LogP contribution in [0.25, 0.3) is 0 Å². The van der Waals surface area contributed by atoms with Crippen LogP contribution in [0.2, 0.25) is 0 Å². The molecule has 106 valence electrons. The third-order valence-corrected chi connectivity index (χ3v) is 2.03. The van der Waals surface area contributed by atoms with Crippen LogP contribution in [0.15, 0.2) is 18.2 Å². The fourth-order valence-corrected chi connectivity index (χ4v) is 1.35. The molecule has 0 bridgehead atoms. The van der Waals surface area contributed by atoms with E-state index < -0.39 is 13.0 Å². The van der Waals surface area contributed by atoms with Crippen molar-refractivity contribution in [2.24, 2.45) is 0 Å². The number of rotatable bonds is 7. The third-order valence-electron chi connectivity index (χ3n) is 2.03. The average molecular weight is 278 g/mol. The third kappa shape index (κ3) is 5.17. The van der Waals surface area contributed by atoms with E-state index in [9.17, 15) is 18.0 Å². The minimum Gasteiger partial charge on any atom is -0.490 e. The molecule has 0 atom stereocenters. The first kappa shape index (κ1) is 15.3. The molecule has 0 saturated carbocycles. The highest BCUT2D eigenvalue weighted by atomic mass is 19.4. The summed E-state index contributed by atoms with van der Waals surface area (Å²) < 4.78 is 49.2. The summed E-state index contributed by atoms with van der Waals surface area (Å²) in [5.41, 5.74) is 0.206. The highest BCUT2D eigenvalue weighted by Gasteiger charge is 2.28. The standard InChI is InChI=1S/C12H13F3O4/c1-2-17-10-5-3-4-9(8-16)11(10)18-6-7-19-12(13,14)15/h3-5,8H,2,6-7H2,1H3. The van der Waals surface area contributed by atoms with Crippen LogP contribution in [0, 0.1) is 0 Å². The largest absolute Gasteiger partial charge is 0.522 e. The molecule has 0 heterocycles. The van der Waals surface area contributed by atoms with Crippen molar-refractivity contribution < 1.29 is 32.2 Å². The van der Waals surface area contributed by atoms with Gasteiger partial charge in [-0.1, -0.05) is 6.07 Å². The lowest BCUT2D eigenvalue weighted by Gasteiger charge is -2.14. The van der Waals surface area contributed by atoms with Crippen molar-refractivity contribution in [2.75, 3.05) is 19.8 Å². The normalized spacial score (nSPS) is 11.2. The molecule has 19 heavy (non-hydrogen) atoms. The summed E-state index contributed by atoms with van der Waals surface area (Å²) in [6, 6.07) is 4.64. The Morgan fingerprint density at radius 2 is 1.95 bits per heavy atom. The average Bonchev–Trinajstić information content (AvgIpc) is 2.35. The summed E-state index contributed by atoms with van der Waals surface area (Å²) in [6.07, 6.45) is -4.15. The van der Waals surface area contributed by atoms with Crippen LogP contribution < -0.4 is 9.47 Å². The molecule has 1 aromatic rings. The lowest BCUT2D eigenvalue weighted by molar-refractivity contribution is -0.325. The highest BCUT2D eigenvalue weighted by Crippen LogP contribution is 2.30. The molecule has 7 heteroatoms. The quantitative estimate of drug-likeness (QED) is 0.568. The van der Waals surface area contributed by atoms with Crippen LogP contribution in [-0.2, 0) is 4.74 Å². The summed E-state index contributed by atoms with van der Waals surface area (Å²) >= 11 is 0. The van der Waals surface area contributed by atoms with E-state index in [1.165, 1.54) is 6.07 Å². The molecule has 0 amide bonds. The van der Waals surface area contributed by atoms with Crippen LogP contribution in [-0.4, -0.2) is 32.5 Å². The first-order chi connectivity index (χ1) is 8.98. The number of halogens is 3. The molecule has 1 aromatic carbocycles. The summed E-state index contributed by atoms with van der Waals surface area (Å²) in [5, 5.41) is 0. The number of alkyl halides is 3. The Kier molecular flexibility index (Phi) is 5.62. The van der Waals surface area contributed by atoms with Gasteiger partial charge >= 0.3 is 6.36 Å². The van der Waals surface area contributed by atoms with Crippen molar-refractivity contribution in [3.8, 4) is 11.5 Å². The minimum absolute atomic E-state index is 0.116. The Morgan fingerprint density at radius 1 is 1.21 bits per heavy atom. The van der Waals surface area contributed by atoms with Crippen LogP contribution in [0.1, 0.15) is 17.3 Å². The maximum Gasteiger partial charge on any atom is 0.522 e. The van der Waals surface area contributed by atoms with Gasteiger partial charge < -0.3 is 9.47 Å². The SMILES string of the molecule is CCOc1cccc(C=O)c1OCCOC(F)(F)F. The lowest BCUT2D eigenvalue weighted by Crippen LogP contribution is -2.18. The lowest BCUT2D eigenvalue weighted by atomic mass is 10.2. The summed E-state index contributed by atoms with van der Waals surface area (Å²) in [7, 11) is 0. The monoisotopic (exact) mass is 278 g/mol. The van der Waals surface area contributed by atoms with Gasteiger partial charge in [-0.25, -0.2) is 0 Å². The van der Waals surface area contributed by atoms with E-state index in [-0.39, 0.29) is 17.9 Å². The molecule has 4 nitrogen and oxygen atoms in total. The Labute approximate surface area is 108 Å². The van der Waals surface area contributed by atoms with E-state index >= 15 is 0 Å². The number of aldehydes is 1. The van der Waals surface area contributed by atoms with E-state index in [0.717, 1.165) is 0 Å². The minimum atomic E-state index is -4.70. The van der Waals surface area contributed by atoms with Gasteiger partial charge in [-0.15, -0.1) is 13.2 Å². The van der Waals surface area contributed by atoms with Crippen LogP contribution >= 0.6 is 0 Å². The molecule has 0 fully saturated rings. The first-order valence-corrected chi connectivity index (χ1v) is 5.52. The zero-order valence-electron chi connectivity index (χ0n) is 10.2. The number of carbonyl (C=O) groups is 1. The van der Waals surface area contributed by atoms with Gasteiger partial charge in [0.1, 0.15) is 6.61 Å². The van der Waals surface area contributed by atoms with Gasteiger partial charge in [-0.3, -0.25) is 9.53 Å².